The number of rotatable bonds is 6. The summed E-state index contributed by atoms with van der Waals surface area (Å²) in [6, 6.07) is 8.22. The van der Waals surface area contributed by atoms with Crippen molar-refractivity contribution < 1.29 is 9.90 Å². The third kappa shape index (κ3) is 3.49. The quantitative estimate of drug-likeness (QED) is 0.798. The Morgan fingerprint density at radius 2 is 2.11 bits per heavy atom. The van der Waals surface area contributed by atoms with Crippen molar-refractivity contribution in [2.75, 3.05) is 18.0 Å². The van der Waals surface area contributed by atoms with Crippen molar-refractivity contribution in [3.63, 3.8) is 0 Å². The Morgan fingerprint density at radius 1 is 1.32 bits per heavy atom. The standard InChI is InChI=1S/C16H23NO2/c1-2-3-4-7-10-17-12-14(16(18)19)11-13-8-5-6-9-15(13)17/h5-6,8-9,14H,2-4,7,10-12H2,1H3,(H,18,19). The molecule has 1 aliphatic heterocycles. The van der Waals surface area contributed by atoms with Gasteiger partial charge in [-0.25, -0.2) is 0 Å². The molecule has 0 fully saturated rings. The zero-order chi connectivity index (χ0) is 13.7. The third-order valence-corrected chi connectivity index (χ3v) is 3.87. The van der Waals surface area contributed by atoms with Gasteiger partial charge in [0.15, 0.2) is 0 Å². The van der Waals surface area contributed by atoms with E-state index in [0.29, 0.717) is 13.0 Å². The summed E-state index contributed by atoms with van der Waals surface area (Å²) < 4.78 is 0. The average molecular weight is 261 g/mol. The lowest BCUT2D eigenvalue weighted by Gasteiger charge is -2.34. The van der Waals surface area contributed by atoms with Crippen LogP contribution in [0, 0.1) is 5.92 Å². The van der Waals surface area contributed by atoms with Crippen molar-refractivity contribution in [2.24, 2.45) is 5.92 Å². The van der Waals surface area contributed by atoms with Gasteiger partial charge in [0.25, 0.3) is 0 Å². The molecule has 0 spiro atoms. The summed E-state index contributed by atoms with van der Waals surface area (Å²) in [5.74, 6) is -0.936. The summed E-state index contributed by atoms with van der Waals surface area (Å²) in [7, 11) is 0. The number of fused-ring (bicyclic) bond motifs is 1. The molecular weight excluding hydrogens is 238 g/mol. The number of para-hydroxylation sites is 1. The van der Waals surface area contributed by atoms with Gasteiger partial charge in [0.1, 0.15) is 0 Å². The van der Waals surface area contributed by atoms with Gasteiger partial charge in [-0.1, -0.05) is 44.4 Å². The van der Waals surface area contributed by atoms with Gasteiger partial charge in [-0.15, -0.1) is 0 Å². The van der Waals surface area contributed by atoms with E-state index in [1.54, 1.807) is 0 Å². The normalized spacial score (nSPS) is 18.2. The Bertz CT molecular complexity index is 431. The van der Waals surface area contributed by atoms with Crippen molar-refractivity contribution in [3.05, 3.63) is 29.8 Å². The molecule has 104 valence electrons. The molecule has 0 aliphatic carbocycles. The predicted octanol–water partition coefficient (Wildman–Crippen LogP) is 3.33. The Labute approximate surface area is 115 Å². The molecule has 0 radical (unpaired) electrons. The second kappa shape index (κ2) is 6.60. The molecule has 3 heteroatoms. The second-order valence-corrected chi connectivity index (χ2v) is 5.37. The first-order valence-electron chi connectivity index (χ1n) is 7.28. The van der Waals surface area contributed by atoms with Gasteiger partial charge in [-0.2, -0.15) is 0 Å². The first kappa shape index (κ1) is 13.9. The lowest BCUT2D eigenvalue weighted by Crippen LogP contribution is -2.39. The monoisotopic (exact) mass is 261 g/mol. The van der Waals surface area contributed by atoms with Crippen molar-refractivity contribution in [1.82, 2.24) is 0 Å². The zero-order valence-electron chi connectivity index (χ0n) is 11.6. The van der Waals surface area contributed by atoms with Gasteiger partial charge in [0, 0.05) is 18.8 Å². The topological polar surface area (TPSA) is 40.5 Å². The Morgan fingerprint density at radius 3 is 2.84 bits per heavy atom. The van der Waals surface area contributed by atoms with Crippen LogP contribution in [0.4, 0.5) is 5.69 Å². The van der Waals surface area contributed by atoms with E-state index in [2.05, 4.69) is 24.0 Å². The van der Waals surface area contributed by atoms with Crippen LogP contribution in [0.3, 0.4) is 0 Å². The smallest absolute Gasteiger partial charge is 0.308 e. The van der Waals surface area contributed by atoms with Crippen LogP contribution in [0.2, 0.25) is 0 Å². The number of anilines is 1. The highest BCUT2D eigenvalue weighted by atomic mass is 16.4. The van der Waals surface area contributed by atoms with Crippen molar-refractivity contribution in [2.45, 2.75) is 39.0 Å². The molecule has 1 unspecified atom stereocenters. The highest BCUT2D eigenvalue weighted by Gasteiger charge is 2.28. The number of nitrogens with zero attached hydrogens (tertiary/aromatic N) is 1. The van der Waals surface area contributed by atoms with Crippen LogP contribution in [0.5, 0.6) is 0 Å². The van der Waals surface area contributed by atoms with Gasteiger partial charge >= 0.3 is 5.97 Å². The minimum atomic E-state index is -0.673. The van der Waals surface area contributed by atoms with Gasteiger partial charge in [-0.3, -0.25) is 4.79 Å². The molecule has 0 saturated carbocycles. The minimum absolute atomic E-state index is 0.263. The molecule has 0 amide bonds. The third-order valence-electron chi connectivity index (χ3n) is 3.87. The first-order chi connectivity index (χ1) is 9.22. The first-order valence-corrected chi connectivity index (χ1v) is 7.28. The molecule has 19 heavy (non-hydrogen) atoms. The Hall–Kier alpha value is -1.51. The largest absolute Gasteiger partial charge is 0.481 e. The second-order valence-electron chi connectivity index (χ2n) is 5.37. The van der Waals surface area contributed by atoms with Crippen LogP contribution >= 0.6 is 0 Å². The molecule has 1 atom stereocenters. The Balaban J connectivity index is 2.06. The lowest BCUT2D eigenvalue weighted by molar-refractivity contribution is -0.141. The number of carbonyl (C=O) groups is 1. The van der Waals surface area contributed by atoms with Gasteiger partial charge < -0.3 is 10.0 Å². The van der Waals surface area contributed by atoms with E-state index in [1.807, 2.05) is 12.1 Å². The number of aliphatic carboxylic acids is 1. The van der Waals surface area contributed by atoms with E-state index < -0.39 is 5.97 Å². The number of unbranched alkanes of at least 4 members (excludes halogenated alkanes) is 3. The number of hydrogen-bond donors (Lipinski definition) is 1. The molecule has 1 aliphatic rings. The Kier molecular flexibility index (Phi) is 4.83. The van der Waals surface area contributed by atoms with E-state index >= 15 is 0 Å². The maximum absolute atomic E-state index is 11.3. The molecule has 1 aromatic rings. The van der Waals surface area contributed by atoms with E-state index in [-0.39, 0.29) is 5.92 Å². The van der Waals surface area contributed by atoms with Crippen molar-refractivity contribution >= 4 is 11.7 Å². The maximum Gasteiger partial charge on any atom is 0.308 e. The van der Waals surface area contributed by atoms with Crippen molar-refractivity contribution in [1.29, 1.82) is 0 Å². The van der Waals surface area contributed by atoms with Crippen LogP contribution < -0.4 is 4.90 Å². The molecule has 0 bridgehead atoms. The summed E-state index contributed by atoms with van der Waals surface area (Å²) in [6.07, 6.45) is 5.53. The molecule has 2 rings (SSSR count). The molecule has 3 nitrogen and oxygen atoms in total. The van der Waals surface area contributed by atoms with Gasteiger partial charge in [0.2, 0.25) is 0 Å². The maximum atomic E-state index is 11.3. The summed E-state index contributed by atoms with van der Waals surface area (Å²) in [5.41, 5.74) is 2.41. The van der Waals surface area contributed by atoms with E-state index in [0.717, 1.165) is 13.0 Å². The summed E-state index contributed by atoms with van der Waals surface area (Å²) in [4.78, 5) is 13.5. The molecule has 1 aromatic carbocycles. The van der Waals surface area contributed by atoms with E-state index in [1.165, 1.54) is 30.5 Å². The summed E-state index contributed by atoms with van der Waals surface area (Å²) in [5, 5.41) is 9.26. The van der Waals surface area contributed by atoms with Gasteiger partial charge in [0.05, 0.1) is 5.92 Å². The fraction of sp³-hybridized carbons (Fsp3) is 0.562. The molecule has 1 heterocycles. The van der Waals surface area contributed by atoms with Crippen molar-refractivity contribution in [3.8, 4) is 0 Å². The summed E-state index contributed by atoms with van der Waals surface area (Å²) in [6.45, 7) is 3.83. The number of carboxylic acid groups (broad SMARTS) is 1. The molecule has 1 N–H and O–H groups in total. The van der Waals surface area contributed by atoms with Gasteiger partial charge in [-0.05, 0) is 24.5 Å². The highest BCUT2D eigenvalue weighted by Crippen LogP contribution is 2.29. The van der Waals surface area contributed by atoms with Crippen LogP contribution in [-0.4, -0.2) is 24.2 Å². The fourth-order valence-corrected chi connectivity index (χ4v) is 2.79. The molecule has 0 aromatic heterocycles. The van der Waals surface area contributed by atoms with Crippen LogP contribution in [0.25, 0.3) is 0 Å². The lowest BCUT2D eigenvalue weighted by atomic mass is 9.92. The number of carboxylic acids is 1. The number of benzene rings is 1. The predicted molar refractivity (Wildman–Crippen MR) is 77.6 cm³/mol. The number of hydrogen-bond acceptors (Lipinski definition) is 2. The van der Waals surface area contributed by atoms with E-state index in [4.69, 9.17) is 0 Å². The minimum Gasteiger partial charge on any atom is -0.481 e. The average Bonchev–Trinajstić information content (AvgIpc) is 2.43. The van der Waals surface area contributed by atoms with Crippen LogP contribution in [0.15, 0.2) is 24.3 Å². The zero-order valence-corrected chi connectivity index (χ0v) is 11.6. The van der Waals surface area contributed by atoms with Crippen LogP contribution in [-0.2, 0) is 11.2 Å². The van der Waals surface area contributed by atoms with E-state index in [9.17, 15) is 9.90 Å². The summed E-state index contributed by atoms with van der Waals surface area (Å²) >= 11 is 0. The SMILES string of the molecule is CCCCCCN1CC(C(=O)O)Cc2ccccc21. The fourth-order valence-electron chi connectivity index (χ4n) is 2.79. The van der Waals surface area contributed by atoms with Crippen LogP contribution in [0.1, 0.15) is 38.2 Å². The molecular formula is C16H23NO2. The molecule has 0 saturated heterocycles. The highest BCUT2D eigenvalue weighted by molar-refractivity contribution is 5.73.